The summed E-state index contributed by atoms with van der Waals surface area (Å²) in [5.41, 5.74) is 0. The second kappa shape index (κ2) is 7.06. The zero-order valence-corrected chi connectivity index (χ0v) is 13.8. The average Bonchev–Trinajstić information content (AvgIpc) is 3.06. The van der Waals surface area contributed by atoms with Crippen molar-refractivity contribution in [2.75, 3.05) is 13.2 Å². The summed E-state index contributed by atoms with van der Waals surface area (Å²) in [5, 5.41) is 0. The highest BCUT2D eigenvalue weighted by Crippen LogP contribution is 2.25. The normalized spacial score (nSPS) is 20.4. The van der Waals surface area contributed by atoms with E-state index in [-0.39, 0.29) is 16.9 Å². The van der Waals surface area contributed by atoms with Gasteiger partial charge in [-0.15, -0.1) is 11.3 Å². The highest BCUT2D eigenvalue weighted by atomic mass is 35.5. The Bertz CT molecular complexity index is 595. The average molecular weight is 354 g/mol. The van der Waals surface area contributed by atoms with Crippen LogP contribution in [0.15, 0.2) is 16.3 Å². The number of hydrogen-bond acceptors (Lipinski definition) is 6. The first kappa shape index (κ1) is 16.7. The monoisotopic (exact) mass is 353 g/mol. The Kier molecular flexibility index (Phi) is 5.61. The van der Waals surface area contributed by atoms with Gasteiger partial charge in [-0.3, -0.25) is 4.79 Å². The SMILES string of the molecule is CC(OCC1CCCO1)C(=O)NS(=O)(=O)c1ccc(Cl)s1. The van der Waals surface area contributed by atoms with Gasteiger partial charge in [-0.25, -0.2) is 13.1 Å². The van der Waals surface area contributed by atoms with Crippen LogP contribution in [0.5, 0.6) is 0 Å². The smallest absolute Gasteiger partial charge is 0.273 e. The Labute approximate surface area is 132 Å². The van der Waals surface area contributed by atoms with Crippen molar-refractivity contribution in [2.24, 2.45) is 0 Å². The predicted octanol–water partition coefficient (Wildman–Crippen LogP) is 1.79. The molecular weight excluding hydrogens is 338 g/mol. The topological polar surface area (TPSA) is 81.7 Å². The van der Waals surface area contributed by atoms with Gasteiger partial charge >= 0.3 is 0 Å². The van der Waals surface area contributed by atoms with Crippen molar-refractivity contribution in [1.82, 2.24) is 4.72 Å². The molecule has 1 N–H and O–H groups in total. The highest BCUT2D eigenvalue weighted by molar-refractivity contribution is 7.92. The summed E-state index contributed by atoms with van der Waals surface area (Å²) in [6.45, 7) is 2.47. The third-order valence-electron chi connectivity index (χ3n) is 2.97. The van der Waals surface area contributed by atoms with Gasteiger partial charge in [-0.2, -0.15) is 0 Å². The van der Waals surface area contributed by atoms with E-state index in [2.05, 4.69) is 0 Å². The number of hydrogen-bond donors (Lipinski definition) is 1. The molecule has 0 radical (unpaired) electrons. The van der Waals surface area contributed by atoms with E-state index in [0.717, 1.165) is 24.2 Å². The Morgan fingerprint density at radius 2 is 2.38 bits per heavy atom. The van der Waals surface area contributed by atoms with Crippen LogP contribution in [-0.2, 0) is 24.3 Å². The van der Waals surface area contributed by atoms with Crippen molar-refractivity contribution in [3.05, 3.63) is 16.5 Å². The van der Waals surface area contributed by atoms with E-state index in [1.807, 2.05) is 4.72 Å². The van der Waals surface area contributed by atoms with Crippen LogP contribution in [0, 0.1) is 0 Å². The largest absolute Gasteiger partial charge is 0.376 e. The molecular formula is C12H16ClNO5S2. The number of thiophene rings is 1. The Hall–Kier alpha value is -0.670. The van der Waals surface area contributed by atoms with Crippen LogP contribution < -0.4 is 4.72 Å². The summed E-state index contributed by atoms with van der Waals surface area (Å²) in [6.07, 6.45) is 0.968. The number of sulfonamides is 1. The van der Waals surface area contributed by atoms with Crippen LogP contribution in [0.3, 0.4) is 0 Å². The maximum absolute atomic E-state index is 12.0. The lowest BCUT2D eigenvalue weighted by molar-refractivity contribution is -0.131. The second-order valence-corrected chi connectivity index (χ2v) is 8.26. The molecule has 0 bridgehead atoms. The van der Waals surface area contributed by atoms with Crippen molar-refractivity contribution in [1.29, 1.82) is 0 Å². The molecule has 2 atom stereocenters. The van der Waals surface area contributed by atoms with Crippen LogP contribution in [0.2, 0.25) is 4.34 Å². The van der Waals surface area contributed by atoms with Gasteiger partial charge in [0.05, 0.1) is 17.0 Å². The molecule has 1 aromatic rings. The molecule has 0 spiro atoms. The maximum atomic E-state index is 12.0. The highest BCUT2D eigenvalue weighted by Gasteiger charge is 2.25. The number of amides is 1. The minimum atomic E-state index is -3.90. The fourth-order valence-corrected chi connectivity index (χ4v) is 4.34. The van der Waals surface area contributed by atoms with Crippen LogP contribution in [-0.4, -0.2) is 39.7 Å². The lowest BCUT2D eigenvalue weighted by Gasteiger charge is -2.15. The number of nitrogens with one attached hydrogen (secondary N) is 1. The fraction of sp³-hybridized carbons (Fsp3) is 0.583. The molecule has 1 fully saturated rings. The minimum Gasteiger partial charge on any atom is -0.376 e. The van der Waals surface area contributed by atoms with Gasteiger partial charge in [0.25, 0.3) is 15.9 Å². The summed E-state index contributed by atoms with van der Waals surface area (Å²) >= 11 is 6.57. The summed E-state index contributed by atoms with van der Waals surface area (Å²) < 4.78 is 37.0. The molecule has 1 amide bonds. The molecule has 0 aliphatic carbocycles. The Balaban J connectivity index is 1.87. The number of carbonyl (C=O) groups is 1. The van der Waals surface area contributed by atoms with Gasteiger partial charge in [0.2, 0.25) is 0 Å². The maximum Gasteiger partial charge on any atom is 0.273 e. The Morgan fingerprint density at radius 1 is 1.62 bits per heavy atom. The summed E-state index contributed by atoms with van der Waals surface area (Å²) in [4.78, 5) is 11.9. The third kappa shape index (κ3) is 4.65. The van der Waals surface area contributed by atoms with Crippen molar-refractivity contribution >= 4 is 38.9 Å². The summed E-state index contributed by atoms with van der Waals surface area (Å²) in [5.74, 6) is -0.711. The molecule has 2 heterocycles. The van der Waals surface area contributed by atoms with Crippen molar-refractivity contribution in [2.45, 2.75) is 36.2 Å². The number of rotatable bonds is 6. The molecule has 118 valence electrons. The third-order valence-corrected chi connectivity index (χ3v) is 6.04. The molecule has 0 saturated carbocycles. The molecule has 1 aliphatic rings. The molecule has 2 unspecified atom stereocenters. The lowest BCUT2D eigenvalue weighted by Crippen LogP contribution is -2.39. The van der Waals surface area contributed by atoms with E-state index >= 15 is 0 Å². The fourth-order valence-electron chi connectivity index (χ4n) is 1.81. The first-order valence-corrected chi connectivity index (χ1v) is 9.11. The van der Waals surface area contributed by atoms with Crippen molar-refractivity contribution in [3.8, 4) is 0 Å². The molecule has 1 aliphatic heterocycles. The quantitative estimate of drug-likeness (QED) is 0.843. The first-order valence-electron chi connectivity index (χ1n) is 6.43. The van der Waals surface area contributed by atoms with E-state index in [1.54, 1.807) is 0 Å². The first-order chi connectivity index (χ1) is 9.88. The van der Waals surface area contributed by atoms with E-state index in [1.165, 1.54) is 19.1 Å². The van der Waals surface area contributed by atoms with Gasteiger partial charge < -0.3 is 9.47 Å². The molecule has 9 heteroatoms. The predicted molar refractivity (Wildman–Crippen MR) is 79.0 cm³/mol. The van der Waals surface area contributed by atoms with E-state index < -0.39 is 22.0 Å². The van der Waals surface area contributed by atoms with Crippen LogP contribution >= 0.6 is 22.9 Å². The molecule has 1 saturated heterocycles. The van der Waals surface area contributed by atoms with Crippen LogP contribution in [0.1, 0.15) is 19.8 Å². The number of ether oxygens (including phenoxy) is 2. The zero-order valence-electron chi connectivity index (χ0n) is 11.4. The zero-order chi connectivity index (χ0) is 15.5. The molecule has 0 aromatic carbocycles. The van der Waals surface area contributed by atoms with Gasteiger partial charge in [-0.05, 0) is 31.9 Å². The van der Waals surface area contributed by atoms with Crippen molar-refractivity contribution in [3.63, 3.8) is 0 Å². The summed E-state index contributed by atoms with van der Waals surface area (Å²) in [7, 11) is -3.90. The second-order valence-electron chi connectivity index (χ2n) is 4.64. The van der Waals surface area contributed by atoms with E-state index in [9.17, 15) is 13.2 Å². The van der Waals surface area contributed by atoms with Gasteiger partial charge in [-0.1, -0.05) is 11.6 Å². The van der Waals surface area contributed by atoms with Crippen molar-refractivity contribution < 1.29 is 22.7 Å². The summed E-state index contributed by atoms with van der Waals surface area (Å²) in [6, 6.07) is 2.81. The minimum absolute atomic E-state index is 0.00724. The standard InChI is InChI=1S/C12H16ClNO5S2/c1-8(19-7-9-3-2-6-18-9)12(15)14-21(16,17)11-5-4-10(13)20-11/h4-5,8-9H,2-3,6-7H2,1H3,(H,14,15). The van der Waals surface area contributed by atoms with E-state index in [0.29, 0.717) is 10.9 Å². The molecule has 1 aromatic heterocycles. The molecule has 6 nitrogen and oxygen atoms in total. The van der Waals surface area contributed by atoms with Gasteiger partial charge in [0, 0.05) is 6.61 Å². The lowest BCUT2D eigenvalue weighted by atomic mass is 10.2. The van der Waals surface area contributed by atoms with Crippen LogP contribution in [0.4, 0.5) is 0 Å². The Morgan fingerprint density at radius 3 is 2.95 bits per heavy atom. The molecule has 21 heavy (non-hydrogen) atoms. The number of halogens is 1. The van der Waals surface area contributed by atoms with Gasteiger partial charge in [0.1, 0.15) is 10.3 Å². The van der Waals surface area contributed by atoms with E-state index in [4.69, 9.17) is 21.1 Å². The van der Waals surface area contributed by atoms with Crippen LogP contribution in [0.25, 0.3) is 0 Å². The number of carbonyl (C=O) groups excluding carboxylic acids is 1. The van der Waals surface area contributed by atoms with Gasteiger partial charge in [0.15, 0.2) is 0 Å². The molecule has 2 rings (SSSR count).